The molecule has 0 radical (unpaired) electrons. The molecule has 0 N–H and O–H groups in total. The Bertz CT molecular complexity index is 3050. The lowest BCUT2D eigenvalue weighted by Gasteiger charge is -2.25. The van der Waals surface area contributed by atoms with Gasteiger partial charge < -0.3 is 27.6 Å². The molecule has 0 aliphatic carbocycles. The predicted octanol–water partition coefficient (Wildman–Crippen LogP) is 13.2. The molecule has 0 saturated carbocycles. The Morgan fingerprint density at radius 1 is 0.750 bits per heavy atom. The van der Waals surface area contributed by atoms with E-state index < -0.39 is 29.0 Å². The van der Waals surface area contributed by atoms with E-state index in [0.29, 0.717) is 40.1 Å². The molecule has 2 aromatic heterocycles. The van der Waals surface area contributed by atoms with Crippen LogP contribution in [0.2, 0.25) is 10.0 Å². The number of benzene rings is 4. The normalized spacial score (nSPS) is 14.8. The van der Waals surface area contributed by atoms with Crippen LogP contribution in [-0.2, 0) is 22.4 Å². The van der Waals surface area contributed by atoms with Gasteiger partial charge in [-0.3, -0.25) is 8.68 Å². The standard InChI is InChI=1S/C48H34Cl2N4O8P2/c1-6-10-29-12-14-40-31(22-29)24-38-35(49)18-20-53(38)63(59-40)61-43-17-16-42(58-46(56)9-4)34(28-51)47(43)48-37(52-5)26-33(57-45(55)8-3)27-44(48)62-64-54-21-19-36(50)39(54)25-32-23-30(11-7-2)13-15-41(32)60-64/h6-23,26-27H,3-4,24-25H2,1-2H3/b10-6-,11-7-. The Balaban J connectivity index is 1.34. The summed E-state index contributed by atoms with van der Waals surface area (Å²) in [6, 6.07) is 22.8. The number of fused-ring (bicyclic) bond motifs is 4. The fourth-order valence-corrected chi connectivity index (χ4v) is 10.5. The Kier molecular flexibility index (Phi) is 12.8. The van der Waals surface area contributed by atoms with Gasteiger partial charge in [-0.25, -0.2) is 14.4 Å². The largest absolute Gasteiger partial charge is 0.425 e. The number of carbonyl (C=O) groups is 2. The fraction of sp³-hybridized carbons (Fsp3) is 0.0833. The van der Waals surface area contributed by atoms with Crippen LogP contribution in [0.4, 0.5) is 5.69 Å². The van der Waals surface area contributed by atoms with Crippen LogP contribution >= 0.6 is 40.3 Å². The molecular formula is C48H34Cl2N4O8P2. The topological polar surface area (TPSA) is 128 Å². The van der Waals surface area contributed by atoms with Crippen LogP contribution in [0.5, 0.6) is 34.5 Å². The third kappa shape index (κ3) is 8.66. The first-order chi connectivity index (χ1) is 31.0. The van der Waals surface area contributed by atoms with Crippen molar-refractivity contribution >= 4 is 70.0 Å². The summed E-state index contributed by atoms with van der Waals surface area (Å²) in [5.41, 5.74) is 4.71. The Morgan fingerprint density at radius 3 is 1.80 bits per heavy atom. The molecule has 2 atom stereocenters. The minimum absolute atomic E-state index is 0.00903. The minimum atomic E-state index is -2.18. The Hall–Kier alpha value is -7.04. The first-order valence-electron chi connectivity index (χ1n) is 19.4. The van der Waals surface area contributed by atoms with Crippen molar-refractivity contribution < 1.29 is 37.2 Å². The van der Waals surface area contributed by atoms with Crippen LogP contribution in [-0.4, -0.2) is 20.6 Å². The quantitative estimate of drug-likeness (QED) is 0.0410. The molecule has 0 spiro atoms. The summed E-state index contributed by atoms with van der Waals surface area (Å²) in [6.45, 7) is 19.4. The molecule has 64 heavy (non-hydrogen) atoms. The van der Waals surface area contributed by atoms with Gasteiger partial charge in [0.15, 0.2) is 0 Å². The van der Waals surface area contributed by atoms with Crippen molar-refractivity contribution in [1.82, 2.24) is 8.68 Å². The predicted molar refractivity (Wildman–Crippen MR) is 248 cm³/mol. The van der Waals surface area contributed by atoms with Gasteiger partial charge >= 0.3 is 29.0 Å². The highest BCUT2D eigenvalue weighted by atomic mass is 35.5. The van der Waals surface area contributed by atoms with Crippen molar-refractivity contribution in [3.63, 3.8) is 0 Å². The number of aromatic nitrogens is 2. The van der Waals surface area contributed by atoms with Gasteiger partial charge in [-0.2, -0.15) is 5.26 Å². The number of esters is 2. The molecular weight excluding hydrogens is 893 g/mol. The third-order valence-electron chi connectivity index (χ3n) is 9.92. The SMILES string of the molecule is [C-]#[N+]c1cc(OC(=O)C=C)cc(OP2Oc3ccc(/C=C\C)cc3Cc3c(Cl)ccn32)c1-c1c(OP2Oc3ccc(/C=C\C)cc3Cc3c(Cl)ccn32)ccc(OC(=O)C=C)c1C#N. The summed E-state index contributed by atoms with van der Waals surface area (Å²) >= 11 is 13.6. The van der Waals surface area contributed by atoms with Crippen LogP contribution < -0.4 is 27.6 Å². The van der Waals surface area contributed by atoms with Crippen LogP contribution in [0.1, 0.15) is 53.1 Å². The molecule has 4 aromatic carbocycles. The number of nitriles is 1. The maximum absolute atomic E-state index is 12.7. The zero-order valence-electron chi connectivity index (χ0n) is 34.1. The molecule has 2 aliphatic heterocycles. The van der Waals surface area contributed by atoms with Crippen molar-refractivity contribution in [3.8, 4) is 51.7 Å². The van der Waals surface area contributed by atoms with Crippen molar-refractivity contribution in [2.45, 2.75) is 26.7 Å². The minimum Gasteiger partial charge on any atom is -0.425 e. The fourth-order valence-electron chi connectivity index (χ4n) is 7.10. The highest BCUT2D eigenvalue weighted by Gasteiger charge is 2.35. The number of ether oxygens (including phenoxy) is 2. The van der Waals surface area contributed by atoms with E-state index >= 15 is 0 Å². The molecule has 8 rings (SSSR count). The van der Waals surface area contributed by atoms with Crippen molar-refractivity contribution in [2.24, 2.45) is 0 Å². The number of hydrogen-bond acceptors (Lipinski definition) is 9. The first kappa shape index (κ1) is 43.6. The number of halogens is 2. The average molecular weight is 928 g/mol. The summed E-state index contributed by atoms with van der Waals surface area (Å²) in [5, 5.41) is 11.9. The molecule has 16 heteroatoms. The van der Waals surface area contributed by atoms with Gasteiger partial charge in [0.05, 0.1) is 28.0 Å². The number of nitrogens with zero attached hydrogens (tertiary/aromatic N) is 4. The summed E-state index contributed by atoms with van der Waals surface area (Å²) in [4.78, 5) is 29.2. The molecule has 2 unspecified atom stereocenters. The molecule has 0 saturated heterocycles. The number of carbonyl (C=O) groups excluding carboxylic acids is 2. The number of rotatable bonds is 11. The first-order valence-corrected chi connectivity index (χ1v) is 22.4. The van der Waals surface area contributed by atoms with E-state index in [1.54, 1.807) is 33.2 Å². The van der Waals surface area contributed by atoms with Crippen LogP contribution in [0, 0.1) is 17.9 Å². The number of hydrogen-bond donors (Lipinski definition) is 0. The van der Waals surface area contributed by atoms with Gasteiger partial charge in [-0.05, 0) is 79.6 Å². The van der Waals surface area contributed by atoms with Crippen molar-refractivity contribution in [3.05, 3.63) is 183 Å². The van der Waals surface area contributed by atoms with E-state index in [1.807, 2.05) is 74.5 Å². The molecule has 12 nitrogen and oxygen atoms in total. The lowest BCUT2D eigenvalue weighted by atomic mass is 9.95. The van der Waals surface area contributed by atoms with Gasteiger partial charge in [-0.15, -0.1) is 0 Å². The second-order valence-electron chi connectivity index (χ2n) is 13.9. The maximum Gasteiger partial charge on any atom is 0.421 e. The maximum atomic E-state index is 12.7. The second kappa shape index (κ2) is 18.7. The Morgan fingerprint density at radius 2 is 1.28 bits per heavy atom. The Labute approximate surface area is 381 Å². The van der Waals surface area contributed by atoms with E-state index in [4.69, 9.17) is 57.3 Å². The lowest BCUT2D eigenvalue weighted by Crippen LogP contribution is -2.09. The van der Waals surface area contributed by atoms with E-state index in [0.717, 1.165) is 40.1 Å². The van der Waals surface area contributed by atoms with Gasteiger partial charge in [-0.1, -0.05) is 72.8 Å². The van der Waals surface area contributed by atoms with Crippen LogP contribution in [0.25, 0.3) is 28.1 Å². The van der Waals surface area contributed by atoms with Crippen molar-refractivity contribution in [2.75, 3.05) is 0 Å². The smallest absolute Gasteiger partial charge is 0.421 e. The van der Waals surface area contributed by atoms with E-state index in [2.05, 4.69) is 24.1 Å². The summed E-state index contributed by atoms with van der Waals surface area (Å²) in [5.74, 6) is -0.842. The zero-order chi connectivity index (χ0) is 45.1. The second-order valence-corrected chi connectivity index (χ2v) is 17.3. The van der Waals surface area contributed by atoms with Gasteiger partial charge in [0.25, 0.3) is 0 Å². The van der Waals surface area contributed by atoms with Crippen molar-refractivity contribution in [1.29, 1.82) is 5.26 Å². The molecule has 0 fully saturated rings. The van der Waals surface area contributed by atoms with Crippen LogP contribution in [0.3, 0.4) is 0 Å². The van der Waals surface area contributed by atoms with Gasteiger partial charge in [0.1, 0.15) is 46.1 Å². The molecule has 318 valence electrons. The summed E-state index contributed by atoms with van der Waals surface area (Å²) < 4.78 is 41.8. The van der Waals surface area contributed by atoms with E-state index in [9.17, 15) is 14.9 Å². The lowest BCUT2D eigenvalue weighted by molar-refractivity contribution is -0.129. The highest BCUT2D eigenvalue weighted by molar-refractivity contribution is 7.46. The van der Waals surface area contributed by atoms with Gasteiger partial charge in [0.2, 0.25) is 5.69 Å². The molecule has 2 aliphatic rings. The molecule has 0 amide bonds. The van der Waals surface area contributed by atoms with E-state index in [-0.39, 0.29) is 45.4 Å². The monoisotopic (exact) mass is 926 g/mol. The number of allylic oxidation sites excluding steroid dienone is 2. The summed E-state index contributed by atoms with van der Waals surface area (Å²) in [6.07, 6.45) is 14.1. The molecule has 0 bridgehead atoms. The van der Waals surface area contributed by atoms with Crippen LogP contribution in [0.15, 0.2) is 123 Å². The molecule has 6 aromatic rings. The third-order valence-corrected chi connectivity index (χ3v) is 13.5. The zero-order valence-corrected chi connectivity index (χ0v) is 37.4. The summed E-state index contributed by atoms with van der Waals surface area (Å²) in [7, 11) is -4.30. The average Bonchev–Trinajstić information content (AvgIpc) is 3.73. The van der Waals surface area contributed by atoms with E-state index in [1.165, 1.54) is 24.3 Å². The molecule has 4 heterocycles. The van der Waals surface area contributed by atoms with Gasteiger partial charge in [0, 0.05) is 65.7 Å². The highest BCUT2D eigenvalue weighted by Crippen LogP contribution is 2.57.